The fourth-order valence-corrected chi connectivity index (χ4v) is 6.29. The summed E-state index contributed by atoms with van der Waals surface area (Å²) in [7, 11) is 0. The van der Waals surface area contributed by atoms with E-state index in [0.717, 1.165) is 61.3 Å². The first-order chi connectivity index (χ1) is 18.6. The second kappa shape index (κ2) is 12.8. The van der Waals surface area contributed by atoms with Crippen LogP contribution in [0.1, 0.15) is 48.2 Å². The molecule has 3 heterocycles. The van der Waals surface area contributed by atoms with Gasteiger partial charge in [-0.05, 0) is 80.9 Å². The summed E-state index contributed by atoms with van der Waals surface area (Å²) < 4.78 is 29.9. The number of hydrogen-bond donors (Lipinski definition) is 3. The fraction of sp³-hybridized carbons (Fsp3) is 0.483. The van der Waals surface area contributed by atoms with Crippen molar-refractivity contribution < 1.29 is 18.6 Å². The van der Waals surface area contributed by atoms with Gasteiger partial charge in [0.2, 0.25) is 6.79 Å². The van der Waals surface area contributed by atoms with E-state index in [1.54, 1.807) is 11.3 Å². The monoisotopic (exact) mass is 540 g/mol. The number of nitrogens with one attached hydrogen (secondary N) is 2. The molecule has 3 aliphatic rings. The van der Waals surface area contributed by atoms with Gasteiger partial charge in [-0.2, -0.15) is 0 Å². The summed E-state index contributed by atoms with van der Waals surface area (Å²) in [5.74, 6) is 2.79. The molecular formula is C29H37FN4O3S. The number of aryl methyl sites for hydroxylation is 1. The zero-order chi connectivity index (χ0) is 26.3. The number of rotatable bonds is 7. The van der Waals surface area contributed by atoms with E-state index in [2.05, 4.69) is 22.5 Å². The molecule has 1 aliphatic carbocycles. The van der Waals surface area contributed by atoms with Crippen LogP contribution in [0.15, 0.2) is 42.5 Å². The predicted molar refractivity (Wildman–Crippen MR) is 149 cm³/mol. The van der Waals surface area contributed by atoms with Gasteiger partial charge in [0.05, 0.1) is 12.3 Å². The van der Waals surface area contributed by atoms with Crippen LogP contribution >= 0.6 is 11.3 Å². The number of ether oxygens (including phenoxy) is 3. The number of halogens is 1. The molecular weight excluding hydrogens is 503 g/mol. The first-order valence-corrected chi connectivity index (χ1v) is 14.4. The number of benzene rings is 2. The Labute approximate surface area is 227 Å². The summed E-state index contributed by atoms with van der Waals surface area (Å²) >= 11 is 1.65. The van der Waals surface area contributed by atoms with Gasteiger partial charge in [-0.3, -0.25) is 0 Å². The lowest BCUT2D eigenvalue weighted by Gasteiger charge is -2.32. The second-order valence-corrected chi connectivity index (χ2v) is 11.2. The summed E-state index contributed by atoms with van der Waals surface area (Å²) in [6, 6.07) is 13.1. The number of aromatic nitrogens is 1. The van der Waals surface area contributed by atoms with Crippen molar-refractivity contribution >= 4 is 16.5 Å². The molecule has 2 aliphatic heterocycles. The lowest BCUT2D eigenvalue weighted by Crippen LogP contribution is -2.38. The van der Waals surface area contributed by atoms with Crippen molar-refractivity contribution in [3.05, 3.63) is 64.4 Å². The van der Waals surface area contributed by atoms with Crippen molar-refractivity contribution in [3.8, 4) is 17.2 Å². The van der Waals surface area contributed by atoms with E-state index in [9.17, 15) is 4.39 Å². The van der Waals surface area contributed by atoms with Crippen molar-refractivity contribution in [2.24, 2.45) is 5.92 Å². The molecule has 0 unspecified atom stereocenters. The van der Waals surface area contributed by atoms with Gasteiger partial charge in [0.15, 0.2) is 16.6 Å². The fourth-order valence-electron chi connectivity index (χ4n) is 5.33. The third kappa shape index (κ3) is 6.76. The SMILES string of the molecule is CCCN[C@H]1CCc2nc(N)sc2C1.Fc1ccc([C@@H]2CCNC[C@H]2COc2ccc3c(c2)OCO3)cc1. The van der Waals surface area contributed by atoms with E-state index >= 15 is 0 Å². The van der Waals surface area contributed by atoms with Gasteiger partial charge < -0.3 is 30.6 Å². The summed E-state index contributed by atoms with van der Waals surface area (Å²) in [5.41, 5.74) is 8.11. The van der Waals surface area contributed by atoms with Gasteiger partial charge in [-0.1, -0.05) is 19.1 Å². The van der Waals surface area contributed by atoms with Crippen molar-refractivity contribution in [1.29, 1.82) is 0 Å². The van der Waals surface area contributed by atoms with Gasteiger partial charge >= 0.3 is 0 Å². The first kappa shape index (κ1) is 26.7. The van der Waals surface area contributed by atoms with Crippen LogP contribution < -0.4 is 30.6 Å². The maximum Gasteiger partial charge on any atom is 0.231 e. The third-order valence-electron chi connectivity index (χ3n) is 7.35. The van der Waals surface area contributed by atoms with Crippen LogP contribution in [0.5, 0.6) is 17.2 Å². The van der Waals surface area contributed by atoms with Crippen LogP contribution in [0.3, 0.4) is 0 Å². The molecule has 0 saturated carbocycles. The van der Waals surface area contributed by atoms with Crippen LogP contribution in [0.2, 0.25) is 0 Å². The van der Waals surface area contributed by atoms with E-state index in [1.165, 1.54) is 41.1 Å². The van der Waals surface area contributed by atoms with Gasteiger partial charge in [0.1, 0.15) is 11.6 Å². The second-order valence-electron chi connectivity index (χ2n) is 10.1. The van der Waals surface area contributed by atoms with Crippen LogP contribution in [0, 0.1) is 11.7 Å². The predicted octanol–water partition coefficient (Wildman–Crippen LogP) is 4.91. The van der Waals surface area contributed by atoms with Crippen molar-refractivity contribution in [2.75, 3.05) is 38.8 Å². The molecule has 1 fully saturated rings. The molecule has 1 saturated heterocycles. The Morgan fingerprint density at radius 1 is 1.16 bits per heavy atom. The van der Waals surface area contributed by atoms with Crippen LogP contribution in [0.4, 0.5) is 9.52 Å². The van der Waals surface area contributed by atoms with Gasteiger partial charge in [-0.15, -0.1) is 11.3 Å². The zero-order valence-corrected chi connectivity index (χ0v) is 22.7. The molecule has 6 rings (SSSR count). The normalized spacial score (nSPS) is 21.8. The Bertz CT molecular complexity index is 1190. The summed E-state index contributed by atoms with van der Waals surface area (Å²) in [6.07, 6.45) is 5.64. The van der Waals surface area contributed by atoms with Crippen LogP contribution in [0.25, 0.3) is 0 Å². The van der Waals surface area contributed by atoms with Gasteiger partial charge in [-0.25, -0.2) is 9.37 Å². The number of fused-ring (bicyclic) bond motifs is 2. The topological polar surface area (TPSA) is 90.7 Å². The molecule has 0 bridgehead atoms. The number of hydrogen-bond acceptors (Lipinski definition) is 8. The molecule has 9 heteroatoms. The van der Waals surface area contributed by atoms with E-state index < -0.39 is 0 Å². The minimum atomic E-state index is -0.194. The molecule has 4 N–H and O–H groups in total. The third-order valence-corrected chi connectivity index (χ3v) is 8.30. The molecule has 38 heavy (non-hydrogen) atoms. The largest absolute Gasteiger partial charge is 0.493 e. The molecule has 2 aromatic carbocycles. The smallest absolute Gasteiger partial charge is 0.231 e. The number of nitrogen functional groups attached to an aromatic ring is 1. The first-order valence-electron chi connectivity index (χ1n) is 13.5. The highest BCUT2D eigenvalue weighted by Crippen LogP contribution is 2.36. The maximum absolute atomic E-state index is 13.2. The number of nitrogens with zero attached hydrogens (tertiary/aromatic N) is 1. The highest BCUT2D eigenvalue weighted by Gasteiger charge is 2.27. The zero-order valence-electron chi connectivity index (χ0n) is 21.9. The quantitative estimate of drug-likeness (QED) is 0.392. The summed E-state index contributed by atoms with van der Waals surface area (Å²) in [5, 5.41) is 7.71. The molecule has 204 valence electrons. The maximum atomic E-state index is 13.2. The Morgan fingerprint density at radius 3 is 2.84 bits per heavy atom. The Balaban J connectivity index is 0.000000179. The number of piperidine rings is 1. The molecule has 0 radical (unpaired) electrons. The molecule has 3 atom stereocenters. The summed E-state index contributed by atoms with van der Waals surface area (Å²) in [6.45, 7) is 6.06. The Hall–Kier alpha value is -2.88. The van der Waals surface area contributed by atoms with Crippen molar-refractivity contribution in [3.63, 3.8) is 0 Å². The highest BCUT2D eigenvalue weighted by molar-refractivity contribution is 7.15. The van der Waals surface area contributed by atoms with E-state index in [-0.39, 0.29) is 12.6 Å². The van der Waals surface area contributed by atoms with Crippen molar-refractivity contribution in [2.45, 2.75) is 51.0 Å². The average molecular weight is 541 g/mol. The highest BCUT2D eigenvalue weighted by atomic mass is 32.1. The molecule has 0 amide bonds. The molecule has 0 spiro atoms. The average Bonchev–Trinajstić information content (AvgIpc) is 3.56. The van der Waals surface area contributed by atoms with Gasteiger partial charge in [0.25, 0.3) is 0 Å². The van der Waals surface area contributed by atoms with E-state index in [4.69, 9.17) is 19.9 Å². The molecule has 1 aromatic heterocycles. The lowest BCUT2D eigenvalue weighted by molar-refractivity contribution is 0.173. The number of nitrogens with two attached hydrogens (primary N) is 1. The summed E-state index contributed by atoms with van der Waals surface area (Å²) in [4.78, 5) is 5.73. The van der Waals surface area contributed by atoms with Crippen LogP contribution in [-0.2, 0) is 12.8 Å². The van der Waals surface area contributed by atoms with Crippen molar-refractivity contribution in [1.82, 2.24) is 15.6 Å². The van der Waals surface area contributed by atoms with Gasteiger partial charge in [0, 0.05) is 29.4 Å². The lowest BCUT2D eigenvalue weighted by atomic mass is 9.81. The minimum absolute atomic E-state index is 0.194. The molecule has 3 aromatic rings. The Morgan fingerprint density at radius 2 is 2.00 bits per heavy atom. The van der Waals surface area contributed by atoms with E-state index in [1.807, 2.05) is 30.3 Å². The number of anilines is 1. The minimum Gasteiger partial charge on any atom is -0.493 e. The number of thiazole rings is 1. The Kier molecular flexibility index (Phi) is 8.98. The van der Waals surface area contributed by atoms with Crippen LogP contribution in [-0.4, -0.2) is 44.1 Å². The van der Waals surface area contributed by atoms with E-state index in [0.29, 0.717) is 24.5 Å². The standard InChI is InChI=1S/C19H20FNO3.C10H17N3S/c20-15-3-1-13(2-4-15)17-7-8-21-10-14(17)11-22-16-5-6-18-19(9-16)24-12-23-18;1-2-5-12-7-3-4-8-9(6-7)14-10(11)13-8/h1-6,9,14,17,21H,7-8,10-12H2;7,12H,2-6H2,1H3,(H2,11,13)/t14-,17-;7-/m00/s1. The molecule has 7 nitrogen and oxygen atoms in total.